The predicted molar refractivity (Wildman–Crippen MR) is 372 cm³/mol. The number of aryl methyl sites for hydroxylation is 2. The number of carbonyl (C=O) groups is 8. The van der Waals surface area contributed by atoms with Gasteiger partial charge in [-0.15, -0.1) is 5.10 Å². The third kappa shape index (κ3) is 21.1. The van der Waals surface area contributed by atoms with Crippen molar-refractivity contribution < 1.29 is 52.6 Å². The lowest BCUT2D eigenvalue weighted by Gasteiger charge is -2.33. The molecular weight excluding hydrogens is 1240 g/mol. The summed E-state index contributed by atoms with van der Waals surface area (Å²) in [6.07, 6.45) is 10.7. The van der Waals surface area contributed by atoms with E-state index in [1.165, 1.54) is 0 Å². The Kier molecular flexibility index (Phi) is 29.2. The monoisotopic (exact) mass is 1350 g/mol. The van der Waals surface area contributed by atoms with E-state index in [9.17, 15) is 38.4 Å². The van der Waals surface area contributed by atoms with Gasteiger partial charge in [-0.05, 0) is 140 Å². The highest BCUT2D eigenvalue weighted by molar-refractivity contribution is 5.97. The van der Waals surface area contributed by atoms with Gasteiger partial charge in [0.15, 0.2) is 11.6 Å². The molecule has 4 aliphatic rings. The van der Waals surface area contributed by atoms with Gasteiger partial charge in [0.2, 0.25) is 29.5 Å². The molecule has 0 aliphatic carbocycles. The number of hydrogen-bond donors (Lipinski definition) is 6. The highest BCUT2D eigenvalue weighted by atomic mass is 16.5. The first-order valence-corrected chi connectivity index (χ1v) is 35.7. The van der Waals surface area contributed by atoms with Crippen LogP contribution in [0.2, 0.25) is 0 Å². The Morgan fingerprint density at radius 3 is 1.66 bits per heavy atom. The third-order valence-electron chi connectivity index (χ3n) is 20.2. The van der Waals surface area contributed by atoms with Crippen molar-refractivity contribution in [3.05, 3.63) is 155 Å². The van der Waals surface area contributed by atoms with Crippen LogP contribution in [0.4, 0.5) is 0 Å². The van der Waals surface area contributed by atoms with Crippen molar-refractivity contribution in [2.45, 2.75) is 196 Å². The van der Waals surface area contributed by atoms with E-state index in [1.54, 1.807) is 42.4 Å². The number of ether oxygens (including phenoxy) is 3. The fourth-order valence-corrected chi connectivity index (χ4v) is 14.3. The minimum absolute atomic E-state index is 0.0128. The fourth-order valence-electron chi connectivity index (χ4n) is 14.3. The molecule has 528 valence electrons. The first-order chi connectivity index (χ1) is 47.7. The Hall–Kier alpha value is -7.86. The number of nitrogens with one attached hydrogen (secondary N) is 6. The predicted octanol–water partition coefficient (Wildman–Crippen LogP) is 6.90. The average Bonchev–Trinajstić information content (AvgIpc) is 1.63. The second-order valence-corrected chi connectivity index (χ2v) is 26.8. The largest absolute Gasteiger partial charge is 0.379 e. The maximum absolute atomic E-state index is 14.8. The highest BCUT2D eigenvalue weighted by Gasteiger charge is 2.50. The number of benzene rings is 4. The normalized spacial score (nSPS) is 21.7. The van der Waals surface area contributed by atoms with Crippen molar-refractivity contribution in [2.75, 3.05) is 60.3 Å². The van der Waals surface area contributed by atoms with Crippen molar-refractivity contribution in [3.8, 4) is 0 Å². The van der Waals surface area contributed by atoms with E-state index in [-0.39, 0.29) is 102 Å². The molecule has 4 fully saturated rings. The van der Waals surface area contributed by atoms with Crippen LogP contribution in [0.25, 0.3) is 0 Å². The molecular formula is C76H103N11O11. The molecule has 98 heavy (non-hydrogen) atoms. The molecule has 6 N–H and O–H groups in total. The van der Waals surface area contributed by atoms with Crippen LogP contribution in [-0.2, 0) is 72.1 Å². The summed E-state index contributed by atoms with van der Waals surface area (Å²) in [6, 6.07) is 33.9. The van der Waals surface area contributed by atoms with Crippen molar-refractivity contribution in [1.82, 2.24) is 56.7 Å². The van der Waals surface area contributed by atoms with Crippen LogP contribution in [0.15, 0.2) is 128 Å². The van der Waals surface area contributed by atoms with E-state index in [2.05, 4.69) is 42.2 Å². The molecule has 0 bridgehead atoms. The zero-order chi connectivity index (χ0) is 69.2. The molecule has 0 spiro atoms. The Morgan fingerprint density at radius 2 is 1.07 bits per heavy atom. The number of Topliss-reactive ketones (excluding diaryl/α,β-unsaturated/α-hetero) is 3. The van der Waals surface area contributed by atoms with E-state index in [4.69, 9.17) is 14.2 Å². The minimum Gasteiger partial charge on any atom is -0.379 e. The number of ketones is 3. The second-order valence-electron chi connectivity index (χ2n) is 26.8. The van der Waals surface area contributed by atoms with Gasteiger partial charge in [0.25, 0.3) is 0 Å². The first-order valence-electron chi connectivity index (χ1n) is 35.7. The molecule has 11 atom stereocenters. The molecule has 5 amide bonds. The number of rotatable bonds is 40. The van der Waals surface area contributed by atoms with Gasteiger partial charge in [-0.25, -0.2) is 0 Å². The lowest BCUT2D eigenvalue weighted by Crippen LogP contribution is -2.59. The highest BCUT2D eigenvalue weighted by Crippen LogP contribution is 2.39. The smallest absolute Gasteiger partial charge is 0.246 e. The zero-order valence-electron chi connectivity index (χ0n) is 57.7. The molecule has 22 heteroatoms. The van der Waals surface area contributed by atoms with E-state index >= 15 is 0 Å². The van der Waals surface area contributed by atoms with Crippen molar-refractivity contribution in [1.29, 1.82) is 0 Å². The molecule has 1 aromatic heterocycles. The molecule has 5 aromatic rings. The lowest BCUT2D eigenvalue weighted by molar-refractivity contribution is -0.144. The third-order valence-corrected chi connectivity index (χ3v) is 20.2. The molecule has 4 aromatic carbocycles. The van der Waals surface area contributed by atoms with E-state index in [1.807, 2.05) is 128 Å². The summed E-state index contributed by atoms with van der Waals surface area (Å²) in [7, 11) is 3.39. The van der Waals surface area contributed by atoms with Gasteiger partial charge in [-0.1, -0.05) is 127 Å². The van der Waals surface area contributed by atoms with Crippen LogP contribution < -0.4 is 31.9 Å². The van der Waals surface area contributed by atoms with Crippen LogP contribution in [0.3, 0.4) is 0 Å². The van der Waals surface area contributed by atoms with E-state index in [0.717, 1.165) is 16.7 Å². The summed E-state index contributed by atoms with van der Waals surface area (Å²) in [5.41, 5.74) is 4.57. The second kappa shape index (κ2) is 38.5. The quantitative estimate of drug-likeness (QED) is 0.0218. The molecule has 0 unspecified atom stereocenters. The van der Waals surface area contributed by atoms with Gasteiger partial charge in [0.05, 0.1) is 50.2 Å². The number of aromatic nitrogens is 3. The van der Waals surface area contributed by atoms with E-state index < -0.39 is 42.3 Å². The molecule has 4 aliphatic heterocycles. The molecule has 22 nitrogen and oxygen atoms in total. The molecule has 4 saturated heterocycles. The van der Waals surface area contributed by atoms with Gasteiger partial charge in [-0.2, -0.15) is 0 Å². The van der Waals surface area contributed by atoms with Crippen LogP contribution >= 0.6 is 0 Å². The van der Waals surface area contributed by atoms with Crippen molar-refractivity contribution >= 4 is 46.9 Å². The van der Waals surface area contributed by atoms with Gasteiger partial charge < -0.3 is 55.9 Å². The van der Waals surface area contributed by atoms with Crippen LogP contribution in [0.5, 0.6) is 0 Å². The van der Waals surface area contributed by atoms with Crippen molar-refractivity contribution in [3.63, 3.8) is 0 Å². The standard InChI is InChI=1S/C76H103N11O11/c1-52(77-3)72(91)81-70-58(29-33-61-35-39-65(86(61)75(70)94)68(90)48-64(55-22-11-6-12-23-55)56-24-13-7-14-25-56)31-37-63(88)38-32-60-51-85(84-83-60)41-19-43-97-45-47-98-46-44-96-42-18-17-28-67(89)69(57-26-15-8-16-27-57)80-74(93)66-40-36-62-34-30-59(50-79-49-54-20-9-5-10-21-54)71(76(95)87(62)66)82-73(92)53(2)78-4/h5-16,20-27,51-53,58-59,61-62,64-66,69-71,77-79H,17-19,28-50H2,1-4H3,(H,80,93)(H,81,91)(H,82,92)/t52-,53-,58+,59+,61-,62-,65-,66-,69-,70-,71-/m0/s1. The SMILES string of the molecule is CN[C@@H](C)C(=O)N[C@@H]1C(=O)N2[C@@H](CC[C@@H]1CCC(=O)CCc1cn(CCCOCCOCCOCCCCC(=O)[C@@H](NC(=O)[C@@H]3CC[C@@H]4CC[C@H](CNCc5ccccc5)[C@H](NC(=O)[C@H](C)NC)C(=O)N43)c3ccccc3)nn1)CC[C@H]2C(=O)CC(c1ccccc1)c1ccccc1. The lowest BCUT2D eigenvalue weighted by atomic mass is 9.85. The molecule has 0 saturated carbocycles. The average molecular weight is 1350 g/mol. The number of unbranched alkanes of at least 4 members (excludes halogenated alkanes) is 1. The summed E-state index contributed by atoms with van der Waals surface area (Å²) in [6.45, 7) is 7.70. The van der Waals surface area contributed by atoms with Gasteiger partial charge >= 0.3 is 0 Å². The Morgan fingerprint density at radius 1 is 0.561 bits per heavy atom. The van der Waals surface area contributed by atoms with Gasteiger partial charge in [0, 0.05) is 88.6 Å². The summed E-state index contributed by atoms with van der Waals surface area (Å²) in [5.74, 6) is -2.19. The Bertz CT molecular complexity index is 3300. The Balaban J connectivity index is 0.639. The van der Waals surface area contributed by atoms with Crippen LogP contribution in [0.1, 0.15) is 156 Å². The topological polar surface area (TPSA) is 274 Å². The fraction of sp³-hybridized carbons (Fsp3) is 0.553. The van der Waals surface area contributed by atoms with Crippen LogP contribution in [-0.4, -0.2) is 180 Å². The van der Waals surface area contributed by atoms with Gasteiger partial charge in [0.1, 0.15) is 30.0 Å². The summed E-state index contributed by atoms with van der Waals surface area (Å²) >= 11 is 0. The maximum atomic E-state index is 14.8. The van der Waals surface area contributed by atoms with Crippen molar-refractivity contribution in [2.24, 2.45) is 11.8 Å². The summed E-state index contributed by atoms with van der Waals surface area (Å²) < 4.78 is 19.1. The molecule has 5 heterocycles. The molecule has 9 rings (SSSR count). The Labute approximate surface area is 577 Å². The number of nitrogens with zero attached hydrogens (tertiary/aromatic N) is 5. The van der Waals surface area contributed by atoms with Crippen LogP contribution in [0, 0.1) is 11.8 Å². The number of carbonyl (C=O) groups excluding carboxylic acids is 8. The number of likely N-dealkylation sites (N-methyl/N-ethyl adjacent to an activating group) is 2. The summed E-state index contributed by atoms with van der Waals surface area (Å²) in [4.78, 5) is 116. The minimum atomic E-state index is -0.896. The molecule has 0 radical (unpaired) electrons. The zero-order valence-corrected chi connectivity index (χ0v) is 57.7. The van der Waals surface area contributed by atoms with Gasteiger partial charge in [-0.3, -0.25) is 43.0 Å². The number of hydrogen-bond acceptors (Lipinski definition) is 16. The summed E-state index contributed by atoms with van der Waals surface area (Å²) in [5, 5.41) is 27.2. The first kappa shape index (κ1) is 74.4. The number of fused-ring (bicyclic) bond motifs is 2. The van der Waals surface area contributed by atoms with E-state index in [0.29, 0.717) is 154 Å². The maximum Gasteiger partial charge on any atom is 0.246 e. The number of amides is 5.